The van der Waals surface area contributed by atoms with Gasteiger partial charge in [0.25, 0.3) is 0 Å². The van der Waals surface area contributed by atoms with Crippen molar-refractivity contribution in [2.24, 2.45) is 17.8 Å². The van der Waals surface area contributed by atoms with Gasteiger partial charge < -0.3 is 9.47 Å². The summed E-state index contributed by atoms with van der Waals surface area (Å²) >= 11 is 0. The summed E-state index contributed by atoms with van der Waals surface area (Å²) in [6.45, 7) is 2.91. The zero-order chi connectivity index (χ0) is 9.10. The Balaban J connectivity index is 1.45. The number of hydrogen-bond donors (Lipinski definition) is 0. The largest absolute Gasteiger partial charge is 0.384 e. The molecule has 0 bridgehead atoms. The molecule has 0 N–H and O–H groups in total. The average molecular weight is 184 g/mol. The molecule has 0 aromatic heterocycles. The first-order valence-corrected chi connectivity index (χ1v) is 5.47. The highest BCUT2D eigenvalue weighted by Crippen LogP contribution is 2.39. The van der Waals surface area contributed by atoms with E-state index < -0.39 is 0 Å². The smallest absolute Gasteiger partial charge is 0.0498 e. The van der Waals surface area contributed by atoms with E-state index in [4.69, 9.17) is 9.47 Å². The number of ether oxygens (including phenoxy) is 2. The van der Waals surface area contributed by atoms with Gasteiger partial charge in [-0.1, -0.05) is 6.42 Å². The molecule has 2 nitrogen and oxygen atoms in total. The van der Waals surface area contributed by atoms with E-state index in [2.05, 4.69) is 0 Å². The van der Waals surface area contributed by atoms with Crippen molar-refractivity contribution in [2.75, 3.05) is 26.9 Å². The fourth-order valence-electron chi connectivity index (χ4n) is 1.98. The van der Waals surface area contributed by atoms with Crippen LogP contribution >= 0.6 is 0 Å². The zero-order valence-electron chi connectivity index (χ0n) is 8.50. The molecule has 0 aliphatic heterocycles. The van der Waals surface area contributed by atoms with Crippen LogP contribution in [0.15, 0.2) is 0 Å². The highest BCUT2D eigenvalue weighted by atomic mass is 16.5. The molecule has 0 heterocycles. The van der Waals surface area contributed by atoms with E-state index in [-0.39, 0.29) is 0 Å². The first-order valence-electron chi connectivity index (χ1n) is 5.47. The van der Waals surface area contributed by atoms with Gasteiger partial charge in [0, 0.05) is 26.9 Å². The van der Waals surface area contributed by atoms with Gasteiger partial charge in [-0.15, -0.1) is 0 Å². The third-order valence-electron chi connectivity index (χ3n) is 3.36. The minimum atomic E-state index is 0.798. The molecule has 0 aromatic rings. The van der Waals surface area contributed by atoms with Crippen molar-refractivity contribution in [1.29, 1.82) is 0 Å². The quantitative estimate of drug-likeness (QED) is 0.629. The minimum absolute atomic E-state index is 0.798. The molecule has 13 heavy (non-hydrogen) atoms. The van der Waals surface area contributed by atoms with Crippen LogP contribution in [0.1, 0.15) is 25.7 Å². The lowest BCUT2D eigenvalue weighted by molar-refractivity contribution is 0.0587. The molecule has 76 valence electrons. The van der Waals surface area contributed by atoms with Gasteiger partial charge in [0.15, 0.2) is 0 Å². The fourth-order valence-corrected chi connectivity index (χ4v) is 1.98. The molecule has 0 radical (unpaired) electrons. The van der Waals surface area contributed by atoms with Crippen LogP contribution in [0.4, 0.5) is 0 Å². The molecule has 0 amide bonds. The van der Waals surface area contributed by atoms with Gasteiger partial charge in [0.1, 0.15) is 0 Å². The average Bonchev–Trinajstić information content (AvgIpc) is 2.75. The summed E-state index contributed by atoms with van der Waals surface area (Å²) in [6.07, 6.45) is 5.53. The summed E-state index contributed by atoms with van der Waals surface area (Å²) in [4.78, 5) is 0. The van der Waals surface area contributed by atoms with E-state index in [9.17, 15) is 0 Å². The third-order valence-corrected chi connectivity index (χ3v) is 3.36. The van der Waals surface area contributed by atoms with E-state index in [0.29, 0.717) is 0 Å². The van der Waals surface area contributed by atoms with Crippen LogP contribution in [0.3, 0.4) is 0 Å². The number of rotatable bonds is 6. The van der Waals surface area contributed by atoms with Crippen LogP contribution < -0.4 is 0 Å². The van der Waals surface area contributed by atoms with Crippen LogP contribution in [0.25, 0.3) is 0 Å². The minimum Gasteiger partial charge on any atom is -0.384 e. The SMILES string of the molecule is COCC1CC1COCC1CCC1. The molecule has 0 spiro atoms. The number of methoxy groups -OCH3 is 1. The van der Waals surface area contributed by atoms with Gasteiger partial charge in [-0.2, -0.15) is 0 Å². The summed E-state index contributed by atoms with van der Waals surface area (Å²) in [5.74, 6) is 2.49. The molecule has 2 aliphatic carbocycles. The monoisotopic (exact) mass is 184 g/mol. The van der Waals surface area contributed by atoms with Crippen molar-refractivity contribution < 1.29 is 9.47 Å². The van der Waals surface area contributed by atoms with Crippen molar-refractivity contribution in [1.82, 2.24) is 0 Å². The Hall–Kier alpha value is -0.0800. The molecule has 0 aromatic carbocycles. The molecule has 2 unspecified atom stereocenters. The van der Waals surface area contributed by atoms with Gasteiger partial charge in [-0.05, 0) is 37.0 Å². The Morgan fingerprint density at radius 3 is 2.46 bits per heavy atom. The highest BCUT2D eigenvalue weighted by molar-refractivity contribution is 4.85. The molecule has 2 atom stereocenters. The molecule has 2 rings (SSSR count). The summed E-state index contributed by atoms with van der Waals surface area (Å²) in [7, 11) is 1.78. The van der Waals surface area contributed by atoms with E-state index >= 15 is 0 Å². The number of hydrogen-bond acceptors (Lipinski definition) is 2. The molecule has 2 fully saturated rings. The molecule has 2 heteroatoms. The second-order valence-corrected chi connectivity index (χ2v) is 4.55. The molecule has 2 saturated carbocycles. The van der Waals surface area contributed by atoms with Crippen LogP contribution in [-0.2, 0) is 9.47 Å². The van der Waals surface area contributed by atoms with Gasteiger partial charge in [0.05, 0.1) is 0 Å². The maximum absolute atomic E-state index is 5.68. The Labute approximate surface area is 80.6 Å². The zero-order valence-corrected chi connectivity index (χ0v) is 8.50. The predicted octanol–water partition coefficient (Wildman–Crippen LogP) is 2.09. The van der Waals surface area contributed by atoms with E-state index in [1.165, 1.54) is 25.7 Å². The van der Waals surface area contributed by atoms with Gasteiger partial charge in [-0.25, -0.2) is 0 Å². The van der Waals surface area contributed by atoms with Crippen molar-refractivity contribution >= 4 is 0 Å². The summed E-state index contributed by atoms with van der Waals surface area (Å²) in [6, 6.07) is 0. The standard InChI is InChI=1S/C11H20O2/c1-12-7-10-5-11(10)8-13-6-9-3-2-4-9/h9-11H,2-8H2,1H3. The van der Waals surface area contributed by atoms with Gasteiger partial charge in [0.2, 0.25) is 0 Å². The fraction of sp³-hybridized carbons (Fsp3) is 1.00. The lowest BCUT2D eigenvalue weighted by atomic mass is 9.86. The van der Waals surface area contributed by atoms with E-state index in [0.717, 1.165) is 37.6 Å². The topological polar surface area (TPSA) is 18.5 Å². The molecule has 0 saturated heterocycles. The summed E-state index contributed by atoms with van der Waals surface area (Å²) < 4.78 is 10.8. The van der Waals surface area contributed by atoms with Gasteiger partial charge in [-0.3, -0.25) is 0 Å². The first kappa shape index (κ1) is 9.47. The van der Waals surface area contributed by atoms with E-state index in [1.54, 1.807) is 7.11 Å². The van der Waals surface area contributed by atoms with Crippen molar-refractivity contribution in [3.05, 3.63) is 0 Å². The molecular weight excluding hydrogens is 164 g/mol. The van der Waals surface area contributed by atoms with Gasteiger partial charge >= 0.3 is 0 Å². The van der Waals surface area contributed by atoms with Crippen molar-refractivity contribution in [3.63, 3.8) is 0 Å². The Morgan fingerprint density at radius 2 is 1.85 bits per heavy atom. The van der Waals surface area contributed by atoms with Crippen LogP contribution in [0.2, 0.25) is 0 Å². The summed E-state index contributed by atoms with van der Waals surface area (Å²) in [5, 5.41) is 0. The Bertz CT molecular complexity index is 154. The second kappa shape index (κ2) is 4.43. The Kier molecular flexibility index (Phi) is 3.23. The van der Waals surface area contributed by atoms with E-state index in [1.807, 2.05) is 0 Å². The van der Waals surface area contributed by atoms with Crippen molar-refractivity contribution in [3.8, 4) is 0 Å². The molecule has 2 aliphatic rings. The third kappa shape index (κ3) is 2.68. The maximum Gasteiger partial charge on any atom is 0.0498 e. The van der Waals surface area contributed by atoms with Crippen LogP contribution in [0.5, 0.6) is 0 Å². The molecular formula is C11H20O2. The lowest BCUT2D eigenvalue weighted by Gasteiger charge is -2.24. The second-order valence-electron chi connectivity index (χ2n) is 4.55. The maximum atomic E-state index is 5.68. The Morgan fingerprint density at radius 1 is 1.08 bits per heavy atom. The van der Waals surface area contributed by atoms with Crippen molar-refractivity contribution in [2.45, 2.75) is 25.7 Å². The van der Waals surface area contributed by atoms with Crippen LogP contribution in [-0.4, -0.2) is 26.9 Å². The first-order chi connectivity index (χ1) is 6.40. The normalized spacial score (nSPS) is 33.0. The summed E-state index contributed by atoms with van der Waals surface area (Å²) in [5.41, 5.74) is 0. The lowest BCUT2D eigenvalue weighted by Crippen LogP contribution is -2.18. The predicted molar refractivity (Wildman–Crippen MR) is 51.6 cm³/mol. The van der Waals surface area contributed by atoms with Crippen LogP contribution in [0, 0.1) is 17.8 Å². The highest BCUT2D eigenvalue weighted by Gasteiger charge is 2.37.